The van der Waals surface area contributed by atoms with Crippen molar-refractivity contribution in [2.45, 2.75) is 6.92 Å². The number of hydrogen-bond acceptors (Lipinski definition) is 3. The van der Waals surface area contributed by atoms with E-state index in [4.69, 9.17) is 4.74 Å². The summed E-state index contributed by atoms with van der Waals surface area (Å²) in [5, 5.41) is 9.22. The van der Waals surface area contributed by atoms with Crippen LogP contribution in [0.15, 0.2) is 67.4 Å². The Morgan fingerprint density at radius 3 is 2.59 bits per heavy atom. The van der Waals surface area contributed by atoms with E-state index in [2.05, 4.69) is 6.58 Å². The zero-order valence-electron chi connectivity index (χ0n) is 16.2. The van der Waals surface area contributed by atoms with E-state index < -0.39 is 11.7 Å². The molecule has 0 aliphatic carbocycles. The molecular formula is C23H20FN3O2. The van der Waals surface area contributed by atoms with Crippen LogP contribution >= 0.6 is 0 Å². The topological polar surface area (TPSA) is 58.3 Å². The lowest BCUT2D eigenvalue weighted by Gasteiger charge is -2.24. The minimum atomic E-state index is -0.599. The highest BCUT2D eigenvalue weighted by Crippen LogP contribution is 2.32. The molecule has 1 aromatic heterocycles. The number of hydrogen-bond donors (Lipinski definition) is 0. The first-order chi connectivity index (χ1) is 14.0. The molecule has 0 aliphatic rings. The number of nitriles is 1. The van der Waals surface area contributed by atoms with E-state index in [1.165, 1.54) is 23.1 Å². The first-order valence-electron chi connectivity index (χ1n) is 8.96. The molecule has 3 aromatic rings. The third-order valence-electron chi connectivity index (χ3n) is 4.60. The van der Waals surface area contributed by atoms with Gasteiger partial charge in [-0.2, -0.15) is 5.26 Å². The normalized spacial score (nSPS) is 10.3. The van der Waals surface area contributed by atoms with Gasteiger partial charge >= 0.3 is 0 Å². The average molecular weight is 389 g/mol. The summed E-state index contributed by atoms with van der Waals surface area (Å²) < 4.78 is 22.0. The Hall–Kier alpha value is -3.85. The smallest absolute Gasteiger partial charge is 0.264 e. The molecule has 0 saturated carbocycles. The third kappa shape index (κ3) is 4.04. The molecule has 0 unspecified atom stereocenters. The minimum Gasteiger partial charge on any atom is -0.490 e. The van der Waals surface area contributed by atoms with Gasteiger partial charge in [0, 0.05) is 24.6 Å². The second kappa shape index (κ2) is 8.44. The number of carbonyl (C=O) groups excluding carboxylic acids is 1. The fourth-order valence-electron chi connectivity index (χ4n) is 2.92. The average Bonchev–Trinajstić information content (AvgIpc) is 3.07. The fourth-order valence-corrected chi connectivity index (χ4v) is 2.92. The zero-order chi connectivity index (χ0) is 21.0. The van der Waals surface area contributed by atoms with Gasteiger partial charge in [-0.15, -0.1) is 0 Å². The van der Waals surface area contributed by atoms with Crippen molar-refractivity contribution in [1.82, 2.24) is 4.57 Å². The lowest BCUT2D eigenvalue weighted by atomic mass is 10.1. The van der Waals surface area contributed by atoms with Crippen LogP contribution in [-0.4, -0.2) is 17.1 Å². The predicted molar refractivity (Wildman–Crippen MR) is 110 cm³/mol. The van der Waals surface area contributed by atoms with Crippen LogP contribution in [-0.2, 0) is 7.05 Å². The molecule has 1 heterocycles. The van der Waals surface area contributed by atoms with Crippen LogP contribution in [0, 0.1) is 24.1 Å². The van der Waals surface area contributed by atoms with Gasteiger partial charge < -0.3 is 9.30 Å². The molecule has 0 N–H and O–H groups in total. The Bertz CT molecular complexity index is 1090. The molecule has 3 rings (SSSR count). The summed E-state index contributed by atoms with van der Waals surface area (Å²) >= 11 is 0. The molecule has 0 radical (unpaired) electrons. The maximum Gasteiger partial charge on any atom is 0.264 e. The highest BCUT2D eigenvalue weighted by Gasteiger charge is 2.25. The highest BCUT2D eigenvalue weighted by molar-refractivity contribution is 6.11. The van der Waals surface area contributed by atoms with Crippen LogP contribution in [0.5, 0.6) is 5.75 Å². The number of nitrogens with zero attached hydrogens (tertiary/aromatic N) is 3. The molecule has 146 valence electrons. The lowest BCUT2D eigenvalue weighted by Crippen LogP contribution is -2.27. The number of amides is 1. The number of anilines is 2. The summed E-state index contributed by atoms with van der Waals surface area (Å²) in [6.45, 7) is 5.78. The zero-order valence-corrected chi connectivity index (χ0v) is 16.2. The molecule has 0 spiro atoms. The second-order valence-corrected chi connectivity index (χ2v) is 6.44. The van der Waals surface area contributed by atoms with E-state index in [0.29, 0.717) is 23.6 Å². The largest absolute Gasteiger partial charge is 0.490 e. The van der Waals surface area contributed by atoms with Gasteiger partial charge in [0.1, 0.15) is 18.2 Å². The van der Waals surface area contributed by atoms with Crippen LogP contribution < -0.4 is 9.64 Å². The van der Waals surface area contributed by atoms with Crippen molar-refractivity contribution in [3.8, 4) is 11.8 Å². The number of benzene rings is 2. The first kappa shape index (κ1) is 19.9. The van der Waals surface area contributed by atoms with Crippen molar-refractivity contribution in [1.29, 1.82) is 5.26 Å². The van der Waals surface area contributed by atoms with Crippen molar-refractivity contribution >= 4 is 17.3 Å². The number of halogens is 1. The van der Waals surface area contributed by atoms with Gasteiger partial charge in [0.2, 0.25) is 0 Å². The molecule has 29 heavy (non-hydrogen) atoms. The van der Waals surface area contributed by atoms with Gasteiger partial charge in [0.05, 0.1) is 22.9 Å². The van der Waals surface area contributed by atoms with E-state index >= 15 is 0 Å². The summed E-state index contributed by atoms with van der Waals surface area (Å²) in [5.74, 6) is -0.391. The summed E-state index contributed by atoms with van der Waals surface area (Å²) in [6, 6.07) is 14.4. The van der Waals surface area contributed by atoms with Gasteiger partial charge in [-0.3, -0.25) is 9.69 Å². The van der Waals surface area contributed by atoms with Gasteiger partial charge in [0.15, 0.2) is 0 Å². The Labute approximate surface area is 168 Å². The maximum atomic E-state index is 14.7. The van der Waals surface area contributed by atoms with Crippen molar-refractivity contribution in [2.24, 2.45) is 7.05 Å². The number of aryl methyl sites for hydroxylation is 1. The fraction of sp³-hybridized carbons (Fsp3) is 0.130. The van der Waals surface area contributed by atoms with E-state index in [1.54, 1.807) is 42.6 Å². The standard InChI is InChI=1S/C23H20FN3O2/c1-4-13-29-19-8-6-18(7-9-19)27(22-14-17(15-25)5-10-21(22)24)23(28)20-11-12-26(3)16(20)2/h4-12,14H,1,13H2,2-3H3. The number of aromatic nitrogens is 1. The molecule has 5 nitrogen and oxygen atoms in total. The van der Waals surface area contributed by atoms with E-state index in [1.807, 2.05) is 24.6 Å². The van der Waals surface area contributed by atoms with Crippen LogP contribution in [0.2, 0.25) is 0 Å². The predicted octanol–water partition coefficient (Wildman–Crippen LogP) is 4.89. The summed E-state index contributed by atoms with van der Waals surface area (Å²) in [5.41, 5.74) is 1.93. The summed E-state index contributed by atoms with van der Waals surface area (Å²) in [7, 11) is 1.83. The van der Waals surface area contributed by atoms with E-state index in [-0.39, 0.29) is 11.3 Å². The number of ether oxygens (including phenoxy) is 1. The first-order valence-corrected chi connectivity index (χ1v) is 8.96. The molecule has 0 atom stereocenters. The molecule has 0 fully saturated rings. The summed E-state index contributed by atoms with van der Waals surface area (Å²) in [4.78, 5) is 14.7. The molecule has 1 amide bonds. The van der Waals surface area contributed by atoms with Gasteiger partial charge in [-0.1, -0.05) is 12.7 Å². The molecule has 0 aliphatic heterocycles. The van der Waals surface area contributed by atoms with Crippen molar-refractivity contribution < 1.29 is 13.9 Å². The van der Waals surface area contributed by atoms with Gasteiger partial charge in [-0.05, 0) is 55.5 Å². The Balaban J connectivity index is 2.12. The Morgan fingerprint density at radius 2 is 2.00 bits per heavy atom. The van der Waals surface area contributed by atoms with Crippen molar-refractivity contribution in [3.05, 3.63) is 90.0 Å². The van der Waals surface area contributed by atoms with Crippen LogP contribution in [0.1, 0.15) is 21.6 Å². The van der Waals surface area contributed by atoms with E-state index in [0.717, 1.165) is 5.69 Å². The quantitative estimate of drug-likeness (QED) is 0.564. The maximum absolute atomic E-state index is 14.7. The third-order valence-corrected chi connectivity index (χ3v) is 4.60. The monoisotopic (exact) mass is 389 g/mol. The molecule has 0 bridgehead atoms. The summed E-state index contributed by atoms with van der Waals surface area (Å²) in [6.07, 6.45) is 3.40. The molecule has 0 saturated heterocycles. The number of carbonyl (C=O) groups is 1. The van der Waals surface area contributed by atoms with Crippen molar-refractivity contribution in [3.63, 3.8) is 0 Å². The molecule has 6 heteroatoms. The molecule has 2 aromatic carbocycles. The van der Waals surface area contributed by atoms with E-state index in [9.17, 15) is 14.4 Å². The van der Waals surface area contributed by atoms with Crippen LogP contribution in [0.25, 0.3) is 0 Å². The van der Waals surface area contributed by atoms with Crippen LogP contribution in [0.4, 0.5) is 15.8 Å². The Morgan fingerprint density at radius 1 is 1.28 bits per heavy atom. The number of rotatable bonds is 6. The lowest BCUT2D eigenvalue weighted by molar-refractivity contribution is 0.0998. The second-order valence-electron chi connectivity index (χ2n) is 6.44. The Kier molecular flexibility index (Phi) is 5.79. The van der Waals surface area contributed by atoms with Crippen LogP contribution in [0.3, 0.4) is 0 Å². The van der Waals surface area contributed by atoms with Crippen molar-refractivity contribution in [2.75, 3.05) is 11.5 Å². The highest BCUT2D eigenvalue weighted by atomic mass is 19.1. The SMILES string of the molecule is C=CCOc1ccc(N(C(=O)c2ccn(C)c2C)c2cc(C#N)ccc2F)cc1. The minimum absolute atomic E-state index is 0.0112. The van der Waals surface area contributed by atoms with Gasteiger partial charge in [0.25, 0.3) is 5.91 Å². The van der Waals surface area contributed by atoms with Gasteiger partial charge in [-0.25, -0.2) is 4.39 Å². The molecular weight excluding hydrogens is 369 g/mol.